The van der Waals surface area contributed by atoms with Gasteiger partial charge in [-0.05, 0) is 43.5 Å². The van der Waals surface area contributed by atoms with Crippen LogP contribution in [0.4, 0.5) is 19.1 Å². The number of hydrogen-bond acceptors (Lipinski definition) is 3. The molecule has 1 saturated heterocycles. The van der Waals surface area contributed by atoms with Crippen LogP contribution in [-0.4, -0.2) is 18.1 Å². The lowest BCUT2D eigenvalue weighted by atomic mass is 10.1. The molecule has 6 heteroatoms. The van der Waals surface area contributed by atoms with Gasteiger partial charge in [0.25, 0.3) is 0 Å². The van der Waals surface area contributed by atoms with E-state index in [0.717, 1.165) is 49.3 Å². The van der Waals surface area contributed by atoms with Gasteiger partial charge >= 0.3 is 6.18 Å². The second kappa shape index (κ2) is 7.10. The SMILES string of the molecule is FC(F)(F)c1ccc(-c2nc(-c3ccccc3)c(N3CCCCC3)o2)cc1. The number of anilines is 1. The minimum atomic E-state index is -4.36. The van der Waals surface area contributed by atoms with E-state index in [9.17, 15) is 13.2 Å². The zero-order chi connectivity index (χ0) is 18.9. The van der Waals surface area contributed by atoms with Crippen molar-refractivity contribution in [2.75, 3.05) is 18.0 Å². The number of benzene rings is 2. The Labute approximate surface area is 155 Å². The van der Waals surface area contributed by atoms with Crippen LogP contribution >= 0.6 is 0 Å². The Bertz CT molecular complexity index is 895. The Morgan fingerprint density at radius 3 is 2.11 bits per heavy atom. The second-order valence-corrected chi connectivity index (χ2v) is 6.66. The zero-order valence-corrected chi connectivity index (χ0v) is 14.7. The molecule has 1 fully saturated rings. The van der Waals surface area contributed by atoms with E-state index in [-0.39, 0.29) is 0 Å². The lowest BCUT2D eigenvalue weighted by Gasteiger charge is -2.26. The third-order valence-electron chi connectivity index (χ3n) is 4.76. The fourth-order valence-corrected chi connectivity index (χ4v) is 3.33. The Kier molecular flexibility index (Phi) is 4.64. The lowest BCUT2D eigenvalue weighted by Crippen LogP contribution is -2.29. The van der Waals surface area contributed by atoms with Crippen LogP contribution in [0.15, 0.2) is 59.0 Å². The van der Waals surface area contributed by atoms with Crippen LogP contribution < -0.4 is 4.90 Å². The van der Waals surface area contributed by atoms with Crippen LogP contribution in [0.5, 0.6) is 0 Å². The molecule has 1 aromatic heterocycles. The van der Waals surface area contributed by atoms with Gasteiger partial charge < -0.3 is 9.32 Å². The zero-order valence-electron chi connectivity index (χ0n) is 14.7. The van der Waals surface area contributed by atoms with E-state index in [0.29, 0.717) is 17.3 Å². The number of aromatic nitrogens is 1. The van der Waals surface area contributed by atoms with E-state index < -0.39 is 11.7 Å². The van der Waals surface area contributed by atoms with Crippen molar-refractivity contribution in [3.8, 4) is 22.7 Å². The van der Waals surface area contributed by atoms with Crippen molar-refractivity contribution < 1.29 is 17.6 Å². The molecule has 2 heterocycles. The summed E-state index contributed by atoms with van der Waals surface area (Å²) in [5, 5.41) is 0. The molecule has 4 rings (SSSR count). The standard InChI is InChI=1S/C21H19F3N2O/c22-21(23,24)17-11-9-16(10-12-17)19-25-18(15-7-3-1-4-8-15)20(27-19)26-13-5-2-6-14-26/h1,3-4,7-12H,2,5-6,13-14H2. The smallest absolute Gasteiger partial charge is 0.416 e. The molecule has 1 aliphatic heterocycles. The normalized spacial score (nSPS) is 15.1. The number of oxazole rings is 1. The summed E-state index contributed by atoms with van der Waals surface area (Å²) in [4.78, 5) is 6.80. The third kappa shape index (κ3) is 3.70. The molecule has 3 nitrogen and oxygen atoms in total. The first-order chi connectivity index (χ1) is 13.0. The van der Waals surface area contributed by atoms with Crippen LogP contribution in [0.25, 0.3) is 22.7 Å². The number of alkyl halides is 3. The summed E-state index contributed by atoms with van der Waals surface area (Å²) in [6, 6.07) is 14.6. The highest BCUT2D eigenvalue weighted by atomic mass is 19.4. The molecule has 140 valence electrons. The van der Waals surface area contributed by atoms with Crippen molar-refractivity contribution in [2.24, 2.45) is 0 Å². The van der Waals surface area contributed by atoms with Crippen molar-refractivity contribution >= 4 is 5.88 Å². The number of hydrogen-bond donors (Lipinski definition) is 0. The van der Waals surface area contributed by atoms with Gasteiger partial charge in [0.1, 0.15) is 5.69 Å². The average Bonchev–Trinajstić information content (AvgIpc) is 3.14. The van der Waals surface area contributed by atoms with Gasteiger partial charge in [-0.15, -0.1) is 0 Å². The summed E-state index contributed by atoms with van der Waals surface area (Å²) in [5.41, 5.74) is 1.51. The molecule has 0 aliphatic carbocycles. The van der Waals surface area contributed by atoms with Crippen molar-refractivity contribution in [1.29, 1.82) is 0 Å². The maximum absolute atomic E-state index is 12.8. The number of nitrogens with zero attached hydrogens (tertiary/aromatic N) is 2. The van der Waals surface area contributed by atoms with E-state index in [2.05, 4.69) is 9.88 Å². The molecule has 0 saturated carbocycles. The molecule has 0 bridgehead atoms. The van der Waals surface area contributed by atoms with Crippen LogP contribution in [0.3, 0.4) is 0 Å². The minimum absolute atomic E-state index is 0.336. The summed E-state index contributed by atoms with van der Waals surface area (Å²) in [6.45, 7) is 1.78. The van der Waals surface area contributed by atoms with Crippen molar-refractivity contribution in [3.05, 3.63) is 60.2 Å². The molecule has 2 aromatic carbocycles. The Morgan fingerprint density at radius 2 is 1.48 bits per heavy atom. The van der Waals surface area contributed by atoms with Crippen molar-refractivity contribution in [2.45, 2.75) is 25.4 Å². The van der Waals surface area contributed by atoms with Crippen LogP contribution in [-0.2, 0) is 6.18 Å². The van der Waals surface area contributed by atoms with E-state index in [4.69, 9.17) is 4.42 Å². The van der Waals surface area contributed by atoms with Gasteiger partial charge in [0.2, 0.25) is 11.8 Å². The summed E-state index contributed by atoms with van der Waals surface area (Å²) in [7, 11) is 0. The summed E-state index contributed by atoms with van der Waals surface area (Å²) in [5.74, 6) is 1.03. The van der Waals surface area contributed by atoms with Gasteiger partial charge in [0.15, 0.2) is 0 Å². The van der Waals surface area contributed by atoms with Crippen molar-refractivity contribution in [1.82, 2.24) is 4.98 Å². The fraction of sp³-hybridized carbons (Fsp3) is 0.286. The summed E-state index contributed by atoms with van der Waals surface area (Å²) in [6.07, 6.45) is -0.991. The maximum Gasteiger partial charge on any atom is 0.416 e. The monoisotopic (exact) mass is 372 g/mol. The van der Waals surface area contributed by atoms with E-state index in [1.807, 2.05) is 30.3 Å². The highest BCUT2D eigenvalue weighted by Gasteiger charge is 2.30. The Morgan fingerprint density at radius 1 is 0.815 bits per heavy atom. The first kappa shape index (κ1) is 17.6. The fourth-order valence-electron chi connectivity index (χ4n) is 3.33. The number of piperidine rings is 1. The summed E-state index contributed by atoms with van der Waals surface area (Å²) < 4.78 is 44.5. The lowest BCUT2D eigenvalue weighted by molar-refractivity contribution is -0.137. The van der Waals surface area contributed by atoms with Gasteiger partial charge in [0.05, 0.1) is 5.56 Å². The van der Waals surface area contributed by atoms with Gasteiger partial charge in [-0.1, -0.05) is 30.3 Å². The largest absolute Gasteiger partial charge is 0.420 e. The average molecular weight is 372 g/mol. The van der Waals surface area contributed by atoms with Crippen LogP contribution in [0.1, 0.15) is 24.8 Å². The Balaban J connectivity index is 1.74. The van der Waals surface area contributed by atoms with E-state index in [1.54, 1.807) is 0 Å². The molecular formula is C21H19F3N2O. The van der Waals surface area contributed by atoms with Crippen LogP contribution in [0.2, 0.25) is 0 Å². The highest BCUT2D eigenvalue weighted by Crippen LogP contribution is 2.37. The molecule has 0 N–H and O–H groups in total. The molecule has 0 atom stereocenters. The highest BCUT2D eigenvalue weighted by molar-refractivity contribution is 5.74. The Hall–Kier alpha value is -2.76. The van der Waals surface area contributed by atoms with E-state index >= 15 is 0 Å². The van der Waals surface area contributed by atoms with Gasteiger partial charge in [-0.2, -0.15) is 13.2 Å². The molecule has 3 aromatic rings. The maximum atomic E-state index is 12.8. The third-order valence-corrected chi connectivity index (χ3v) is 4.76. The first-order valence-electron chi connectivity index (χ1n) is 9.01. The molecule has 1 aliphatic rings. The van der Waals surface area contributed by atoms with Gasteiger partial charge in [-0.25, -0.2) is 4.98 Å². The summed E-state index contributed by atoms with van der Waals surface area (Å²) >= 11 is 0. The molecule has 0 spiro atoms. The molecule has 0 radical (unpaired) electrons. The van der Waals surface area contributed by atoms with Crippen molar-refractivity contribution in [3.63, 3.8) is 0 Å². The second-order valence-electron chi connectivity index (χ2n) is 6.66. The topological polar surface area (TPSA) is 29.3 Å². The molecule has 27 heavy (non-hydrogen) atoms. The number of rotatable bonds is 3. The number of halogens is 3. The molecule has 0 unspecified atom stereocenters. The quantitative estimate of drug-likeness (QED) is 0.563. The minimum Gasteiger partial charge on any atom is -0.420 e. The predicted octanol–water partition coefficient (Wildman–Crippen LogP) is 6.02. The molecule has 0 amide bonds. The van der Waals surface area contributed by atoms with Gasteiger partial charge in [-0.3, -0.25) is 0 Å². The van der Waals surface area contributed by atoms with Crippen LogP contribution in [0, 0.1) is 0 Å². The van der Waals surface area contributed by atoms with E-state index in [1.165, 1.54) is 18.6 Å². The van der Waals surface area contributed by atoms with Gasteiger partial charge in [0, 0.05) is 24.2 Å². The first-order valence-corrected chi connectivity index (χ1v) is 9.01. The predicted molar refractivity (Wildman–Crippen MR) is 98.4 cm³/mol. The molecular weight excluding hydrogens is 353 g/mol.